The van der Waals surface area contributed by atoms with Crippen LogP contribution in [0.5, 0.6) is 0 Å². The van der Waals surface area contributed by atoms with Crippen molar-refractivity contribution in [2.75, 3.05) is 0 Å². The Morgan fingerprint density at radius 2 is 1.45 bits per heavy atom. The van der Waals surface area contributed by atoms with Gasteiger partial charge in [0, 0.05) is 11.1 Å². The van der Waals surface area contributed by atoms with E-state index in [4.69, 9.17) is 0 Å². The standard InChI is InChI=1S/C10H4Si/c1-2-4-10-6-8-11-7-5-9(10)3-1/h1-4H. The van der Waals surface area contributed by atoms with Crippen LogP contribution in [0, 0.1) is 22.9 Å². The van der Waals surface area contributed by atoms with Gasteiger partial charge in [0.1, 0.15) is 0 Å². The molecular formula is C10H4Si. The summed E-state index contributed by atoms with van der Waals surface area (Å²) in [6, 6.07) is 7.99. The highest BCUT2D eigenvalue weighted by atomic mass is 28.2. The minimum absolute atomic E-state index is 0.469. The molecule has 0 aliphatic carbocycles. The van der Waals surface area contributed by atoms with E-state index in [1.165, 1.54) is 0 Å². The van der Waals surface area contributed by atoms with E-state index < -0.39 is 0 Å². The summed E-state index contributed by atoms with van der Waals surface area (Å²) in [6.07, 6.45) is 0. The molecule has 0 saturated carbocycles. The second kappa shape index (κ2) is 2.66. The van der Waals surface area contributed by atoms with E-state index in [0.29, 0.717) is 9.52 Å². The maximum absolute atomic E-state index is 3.06. The fourth-order valence-electron chi connectivity index (χ4n) is 0.930. The molecule has 0 saturated heterocycles. The first kappa shape index (κ1) is 6.28. The highest BCUT2D eigenvalue weighted by molar-refractivity contribution is 6.55. The van der Waals surface area contributed by atoms with Crippen LogP contribution in [0.25, 0.3) is 0 Å². The normalized spacial score (nSPS) is 11.3. The molecule has 1 aromatic rings. The molecule has 0 aromatic heterocycles. The molecule has 0 amide bonds. The first-order chi connectivity index (χ1) is 5.47. The summed E-state index contributed by atoms with van der Waals surface area (Å²) in [7, 11) is 0.469. The van der Waals surface area contributed by atoms with E-state index in [0.717, 1.165) is 11.1 Å². The van der Waals surface area contributed by atoms with Crippen LogP contribution in [0.4, 0.5) is 0 Å². The van der Waals surface area contributed by atoms with Gasteiger partial charge in [0.05, 0.1) is 0 Å². The van der Waals surface area contributed by atoms with Gasteiger partial charge >= 0.3 is 0 Å². The van der Waals surface area contributed by atoms with Crippen molar-refractivity contribution in [2.24, 2.45) is 0 Å². The first-order valence-corrected chi connectivity index (χ1v) is 4.33. The number of rotatable bonds is 0. The molecule has 1 heteroatoms. The van der Waals surface area contributed by atoms with E-state index in [9.17, 15) is 0 Å². The Labute approximate surface area is 68.5 Å². The third-order valence-electron chi connectivity index (χ3n) is 1.45. The maximum Gasteiger partial charge on any atom is 0.250 e. The number of fused-ring (bicyclic) bond motifs is 1. The molecule has 0 bridgehead atoms. The Morgan fingerprint density at radius 3 is 2.00 bits per heavy atom. The largest absolute Gasteiger partial charge is 0.250 e. The SMILES string of the molecule is C1#Cc2ccccc2C#C[Si]1. The van der Waals surface area contributed by atoms with Gasteiger partial charge in [-0.05, 0) is 12.1 Å². The van der Waals surface area contributed by atoms with Crippen LogP contribution in [0.15, 0.2) is 24.3 Å². The highest BCUT2D eigenvalue weighted by Gasteiger charge is 1.95. The van der Waals surface area contributed by atoms with Crippen LogP contribution in [0.2, 0.25) is 0 Å². The number of hydrogen-bond donors (Lipinski definition) is 0. The van der Waals surface area contributed by atoms with Crippen molar-refractivity contribution in [2.45, 2.75) is 0 Å². The van der Waals surface area contributed by atoms with Crippen molar-refractivity contribution in [3.8, 4) is 22.9 Å². The lowest BCUT2D eigenvalue weighted by Crippen LogP contribution is -1.79. The summed E-state index contributed by atoms with van der Waals surface area (Å²) < 4.78 is 0. The average molecular weight is 152 g/mol. The summed E-state index contributed by atoms with van der Waals surface area (Å²) in [4.78, 5) is 0. The van der Waals surface area contributed by atoms with Crippen LogP contribution in [-0.2, 0) is 0 Å². The summed E-state index contributed by atoms with van der Waals surface area (Å²) >= 11 is 0. The van der Waals surface area contributed by atoms with Crippen molar-refractivity contribution >= 4 is 9.52 Å². The zero-order chi connectivity index (χ0) is 7.52. The van der Waals surface area contributed by atoms with Gasteiger partial charge in [-0.2, -0.15) is 0 Å². The Morgan fingerprint density at radius 1 is 0.909 bits per heavy atom. The summed E-state index contributed by atoms with van der Waals surface area (Å²) in [5, 5.41) is 0. The van der Waals surface area contributed by atoms with Gasteiger partial charge in [-0.15, -0.1) is 11.1 Å². The molecule has 1 aliphatic rings. The van der Waals surface area contributed by atoms with Crippen molar-refractivity contribution in [3.05, 3.63) is 35.4 Å². The van der Waals surface area contributed by atoms with E-state index >= 15 is 0 Å². The summed E-state index contributed by atoms with van der Waals surface area (Å²) in [5.41, 5.74) is 8.14. The van der Waals surface area contributed by atoms with Crippen molar-refractivity contribution < 1.29 is 0 Å². The lowest BCUT2D eigenvalue weighted by molar-refractivity contribution is 1.59. The van der Waals surface area contributed by atoms with E-state index in [-0.39, 0.29) is 0 Å². The Balaban J connectivity index is 2.67. The zero-order valence-electron chi connectivity index (χ0n) is 5.81. The smallest absolute Gasteiger partial charge is 0.112 e. The van der Waals surface area contributed by atoms with Crippen LogP contribution >= 0.6 is 0 Å². The quantitative estimate of drug-likeness (QED) is 0.384. The van der Waals surface area contributed by atoms with Gasteiger partial charge in [-0.1, -0.05) is 24.0 Å². The fourth-order valence-corrected chi connectivity index (χ4v) is 1.39. The minimum Gasteiger partial charge on any atom is -0.112 e. The maximum atomic E-state index is 3.06. The second-order valence-corrected chi connectivity index (χ2v) is 2.92. The lowest BCUT2D eigenvalue weighted by Gasteiger charge is -1.92. The number of hydrogen-bond acceptors (Lipinski definition) is 0. The Hall–Kier alpha value is -1.44. The van der Waals surface area contributed by atoms with Gasteiger partial charge < -0.3 is 0 Å². The fraction of sp³-hybridized carbons (Fsp3) is 0. The highest BCUT2D eigenvalue weighted by Crippen LogP contribution is 2.05. The topological polar surface area (TPSA) is 0 Å². The van der Waals surface area contributed by atoms with Gasteiger partial charge in [0.25, 0.3) is 9.52 Å². The van der Waals surface area contributed by atoms with Gasteiger partial charge in [-0.3, -0.25) is 0 Å². The zero-order valence-corrected chi connectivity index (χ0v) is 6.81. The molecule has 0 spiro atoms. The second-order valence-electron chi connectivity index (χ2n) is 2.17. The van der Waals surface area contributed by atoms with E-state index in [1.807, 2.05) is 24.3 Å². The minimum atomic E-state index is 0.469. The Kier molecular flexibility index (Phi) is 1.52. The summed E-state index contributed by atoms with van der Waals surface area (Å²) in [6.45, 7) is 0. The molecule has 1 aromatic carbocycles. The molecule has 2 radical (unpaired) electrons. The van der Waals surface area contributed by atoms with Crippen LogP contribution in [0.1, 0.15) is 11.1 Å². The molecule has 11 heavy (non-hydrogen) atoms. The molecule has 0 fully saturated rings. The third-order valence-corrected chi connectivity index (χ3v) is 1.95. The van der Waals surface area contributed by atoms with Gasteiger partial charge in [0.15, 0.2) is 0 Å². The van der Waals surface area contributed by atoms with Crippen LogP contribution in [-0.4, -0.2) is 9.52 Å². The van der Waals surface area contributed by atoms with Crippen molar-refractivity contribution in [1.29, 1.82) is 0 Å². The lowest BCUT2D eigenvalue weighted by atomic mass is 10.1. The molecule has 1 heterocycles. The molecule has 0 atom stereocenters. The molecule has 0 unspecified atom stereocenters. The van der Waals surface area contributed by atoms with E-state index in [2.05, 4.69) is 22.9 Å². The first-order valence-electron chi connectivity index (χ1n) is 3.33. The third kappa shape index (κ3) is 1.19. The summed E-state index contributed by atoms with van der Waals surface area (Å²) in [5.74, 6) is 6.12. The molecule has 1 aliphatic heterocycles. The molecule has 48 valence electrons. The van der Waals surface area contributed by atoms with Gasteiger partial charge in [0.2, 0.25) is 0 Å². The van der Waals surface area contributed by atoms with E-state index in [1.54, 1.807) is 0 Å². The molecule has 0 nitrogen and oxygen atoms in total. The predicted molar refractivity (Wildman–Crippen MR) is 46.0 cm³/mol. The molecule has 0 N–H and O–H groups in total. The molecular weight excluding hydrogens is 148 g/mol. The van der Waals surface area contributed by atoms with Crippen LogP contribution in [0.3, 0.4) is 0 Å². The van der Waals surface area contributed by atoms with Crippen LogP contribution < -0.4 is 0 Å². The van der Waals surface area contributed by atoms with Crippen molar-refractivity contribution in [1.82, 2.24) is 0 Å². The Bertz CT molecular complexity index is 357. The monoisotopic (exact) mass is 152 g/mol. The predicted octanol–water partition coefficient (Wildman–Crippen LogP) is 1.02. The average Bonchev–Trinajstić information content (AvgIpc) is 2.28. The van der Waals surface area contributed by atoms with Gasteiger partial charge in [-0.25, -0.2) is 0 Å². The number of benzene rings is 1. The molecule has 2 rings (SSSR count). The van der Waals surface area contributed by atoms with Crippen molar-refractivity contribution in [3.63, 3.8) is 0 Å².